The monoisotopic (exact) mass is 1640 g/mol. The molecular weight excluding hydrogens is 1560 g/mol. The molecule has 4 aromatic rings. The summed E-state index contributed by atoms with van der Waals surface area (Å²) < 4.78 is 31.5. The molecule has 6 aliphatic heterocycles. The average Bonchev–Trinajstić information content (AvgIpc) is 0.799. The lowest BCUT2D eigenvalue weighted by atomic mass is 9.90. The number of esters is 2. The first kappa shape index (κ1) is 94.4. The van der Waals surface area contributed by atoms with Crippen LogP contribution >= 0.6 is 0 Å². The number of amides is 7. The number of alkyl halides is 1. The molecule has 37 heteroatoms. The Morgan fingerprint density at radius 2 is 0.814 bits per heavy atom. The van der Waals surface area contributed by atoms with Crippen LogP contribution in [0.4, 0.5) is 4.39 Å². The number of nitrogens with zero attached hydrogens (tertiary/aromatic N) is 3. The fraction of sp³-hybridized carbons (Fsp3) is 0.309. The van der Waals surface area contributed by atoms with Crippen LogP contribution in [0.1, 0.15) is 177 Å². The highest BCUT2D eigenvalue weighted by atomic mass is 19.1. The molecule has 4 fully saturated rings. The third-order valence-corrected chi connectivity index (χ3v) is 16.3. The number of fused-ring (bicyclic) bond motifs is 4. The molecule has 0 atom stereocenters. The van der Waals surface area contributed by atoms with E-state index in [1.54, 1.807) is 60.7 Å². The number of hydrogen-bond acceptors (Lipinski definition) is 29. The maximum atomic E-state index is 12.2. The Bertz CT molecular complexity index is 5100. The Balaban J connectivity index is 0.000000311. The Hall–Kier alpha value is -14.2. The van der Waals surface area contributed by atoms with Gasteiger partial charge in [-0.25, -0.2) is 19.2 Å². The number of rotatable bonds is 21. The van der Waals surface area contributed by atoms with Gasteiger partial charge in [-0.15, -0.1) is 10.1 Å². The van der Waals surface area contributed by atoms with Crippen LogP contribution in [0.5, 0.6) is 11.5 Å². The minimum Gasteiger partial charge on any atom is -0.507 e. The third kappa shape index (κ3) is 28.4. The van der Waals surface area contributed by atoms with Crippen molar-refractivity contribution in [1.29, 1.82) is 0 Å². The second kappa shape index (κ2) is 46.8. The summed E-state index contributed by atoms with van der Waals surface area (Å²) in [5, 5.41) is 61.4. The number of aliphatic carboxylic acids is 1. The molecule has 36 nitrogen and oxygen atoms in total. The van der Waals surface area contributed by atoms with Crippen molar-refractivity contribution >= 4 is 128 Å². The van der Waals surface area contributed by atoms with Crippen LogP contribution in [0.3, 0.4) is 0 Å². The number of phenolic OH excluding ortho intramolecular Hbond substituents is 2. The Labute approximate surface area is 670 Å². The number of ketones is 4. The van der Waals surface area contributed by atoms with Gasteiger partial charge in [-0.1, -0.05) is 50.2 Å². The third-order valence-electron chi connectivity index (χ3n) is 16.3. The van der Waals surface area contributed by atoms with Gasteiger partial charge in [0.15, 0.2) is 10.9 Å². The zero-order valence-electron chi connectivity index (χ0n) is 65.5. The summed E-state index contributed by atoms with van der Waals surface area (Å²) in [7, 11) is -1.00. The number of Topliss-reactive ketones (excluding diaryl/α,β-unsaturated/α-hetero) is 4. The van der Waals surface area contributed by atoms with E-state index in [-0.39, 0.29) is 200 Å². The molecule has 4 saturated heterocycles. The van der Waals surface area contributed by atoms with Gasteiger partial charge in [0.1, 0.15) is 57.3 Å². The second-order valence-corrected chi connectivity index (χ2v) is 25.1. The Morgan fingerprint density at radius 1 is 0.466 bits per heavy atom. The predicted molar refractivity (Wildman–Crippen MR) is 409 cm³/mol. The molecule has 2 aliphatic carbocycles. The lowest BCUT2D eigenvalue weighted by Gasteiger charge is -2.18. The molecule has 0 saturated carbocycles. The van der Waals surface area contributed by atoms with E-state index in [0.29, 0.717) is 71.2 Å². The second-order valence-electron chi connectivity index (χ2n) is 25.1. The number of ether oxygens (including phenoxy) is 1. The number of hydroxylamine groups is 6. The van der Waals surface area contributed by atoms with Crippen molar-refractivity contribution in [2.24, 2.45) is 5.73 Å². The summed E-state index contributed by atoms with van der Waals surface area (Å²) in [6.07, 6.45) is 1.17. The van der Waals surface area contributed by atoms with E-state index >= 15 is 0 Å². The number of benzene rings is 6. The van der Waals surface area contributed by atoms with Crippen molar-refractivity contribution in [3.05, 3.63) is 152 Å². The quantitative estimate of drug-likeness (QED) is 0.0109. The van der Waals surface area contributed by atoms with Gasteiger partial charge < -0.3 is 79.0 Å². The Kier molecular flexibility index (Phi) is 37.4. The molecule has 7 amide bonds. The fourth-order valence-corrected chi connectivity index (χ4v) is 10.7. The van der Waals surface area contributed by atoms with Crippen LogP contribution < -0.4 is 21.9 Å². The normalized spacial score (nSPS) is 13.1. The van der Waals surface area contributed by atoms with Gasteiger partial charge in [0.25, 0.3) is 35.4 Å². The van der Waals surface area contributed by atoms with Crippen molar-refractivity contribution in [1.82, 2.24) is 20.5 Å². The van der Waals surface area contributed by atoms with E-state index in [9.17, 15) is 121 Å². The number of carboxylic acid groups (broad SMARTS) is 3. The van der Waals surface area contributed by atoms with E-state index in [1.165, 1.54) is 76.2 Å². The maximum Gasteiger partial charge on any atom is 0.336 e. The summed E-state index contributed by atoms with van der Waals surface area (Å²) in [4.78, 5) is 228. The number of imide groups is 3. The highest BCUT2D eigenvalue weighted by molar-refractivity contribution is 6.10. The lowest BCUT2D eigenvalue weighted by molar-refractivity contribution is -0.197. The van der Waals surface area contributed by atoms with Gasteiger partial charge in [-0.3, -0.25) is 67.1 Å². The zero-order valence-corrected chi connectivity index (χ0v) is 64.5. The minimum atomic E-state index is -1.12. The molecule has 8 aliphatic rings. The van der Waals surface area contributed by atoms with Crippen molar-refractivity contribution in [3.63, 3.8) is 0 Å². The number of carboxylic acids is 3. The first-order valence-corrected chi connectivity index (χ1v) is 35.8. The number of halogens is 1. The molecule has 0 aromatic heterocycles. The van der Waals surface area contributed by atoms with E-state index in [1.807, 2.05) is 13.8 Å². The van der Waals surface area contributed by atoms with Gasteiger partial charge in [-0.2, -0.15) is 5.06 Å². The molecule has 0 spiro atoms. The number of carbonyl (C=O) groups is 18. The molecule has 626 valence electrons. The molecule has 0 bridgehead atoms. The first-order valence-electron chi connectivity index (χ1n) is 36.5. The fourth-order valence-electron chi connectivity index (χ4n) is 10.7. The highest BCUT2D eigenvalue weighted by Gasteiger charge is 2.35. The standard InChI is InChI=1S/C26H21NO7.C21H15NO5.2C9H11NO5.C5H8O3.C4H5NO3.C4H4O3.C2H6.CH3F/c1-14(28)6-11-23(31)27-13-20-21(30)10-9-19-24(16-4-2-3-5-17(16)26(32)33)18-8-7-15(29)12-22(18)34-25(19)20;22-10-16-17(24)8-7-15-19(12-3-1-2-4-13(12)21(25)26)14-6-5-11(23)9-18(14)27-20(15)16;2*1-6(11)2-5-9(14)15-10-7(12)3-4-8(10)13;1-4(6)2-3-5(7)8;6-3-1-2-4(7)5(3)8;5-3-1-2-4(6)7-3;2*1-2/h2-5,7-10,12,30H,6,11,13H2,1H3,(H,27,31)(H,32,33);1-9,24H,10,22H2,(H,25,26);2*2-5H2,1H3;2-3H2,1H3,(H,7,8);8H,1-2H2;1-2H2;1-2H3;1H3/i;;;;;;;;1D. The van der Waals surface area contributed by atoms with Gasteiger partial charge >= 0.3 is 41.8 Å². The predicted octanol–water partition coefficient (Wildman–Crippen LogP) is 8.73. The maximum absolute atomic E-state index is 12.2. The molecule has 12 rings (SSSR count). The largest absolute Gasteiger partial charge is 0.507 e. The van der Waals surface area contributed by atoms with E-state index in [2.05, 4.69) is 19.7 Å². The van der Waals surface area contributed by atoms with Gasteiger partial charge in [-0.05, 0) is 99.5 Å². The number of aromatic carboxylic acids is 2. The number of phenols is 2. The molecular formula is C81H84FN5O31. The van der Waals surface area contributed by atoms with Crippen molar-refractivity contribution in [2.45, 2.75) is 157 Å². The van der Waals surface area contributed by atoms with Crippen molar-refractivity contribution in [2.75, 3.05) is 7.15 Å². The molecule has 0 unspecified atom stereocenters. The summed E-state index contributed by atoms with van der Waals surface area (Å²) in [5.41, 5.74) is 9.80. The first-order chi connectivity index (χ1) is 56.3. The van der Waals surface area contributed by atoms with Crippen LogP contribution in [-0.2, 0) is 104 Å². The number of nitrogens with one attached hydrogen (secondary N) is 1. The average molecular weight is 1640 g/mol. The van der Waals surface area contributed by atoms with E-state index in [0.717, 1.165) is 0 Å². The SMILES string of the molecule is CC.CC(=O)CCC(=O)NCc1c(O)ccc2c(-c3ccccc3C(=O)O)c3ccc(=O)cc-3oc12.CC(=O)CCC(=O)O.CC(=O)CCC(=O)ON1C(=O)CCC1=O.CC(=O)CCC(=O)ON1C(=O)CCC1=O.NCc1c(O)ccc2c(-c3ccccc3C(=O)O)c3ccc(=O)cc-3oc12.O=C1CCC(=O)N1O.O=C1CCC(=O)O1.[2H]CF. The van der Waals surface area contributed by atoms with Crippen LogP contribution in [0, 0.1) is 0 Å². The number of cyclic esters (lactones) is 2. The van der Waals surface area contributed by atoms with Crippen LogP contribution in [-0.4, -0.2) is 159 Å². The molecule has 0 radical (unpaired) electrons. The summed E-state index contributed by atoms with van der Waals surface area (Å²) in [6.45, 7) is 9.40. The smallest absolute Gasteiger partial charge is 0.336 e. The van der Waals surface area contributed by atoms with E-state index < -0.39 is 84.4 Å². The van der Waals surface area contributed by atoms with Gasteiger partial charge in [0.05, 0.1) is 69.4 Å². The van der Waals surface area contributed by atoms with Crippen LogP contribution in [0.15, 0.2) is 128 Å². The number of nitrogens with two attached hydrogens (primary N) is 1. The molecule has 6 heterocycles. The topological polar surface area (TPSA) is 565 Å². The number of carbonyl (C=O) groups excluding carboxylic acids is 15. The number of hydrogen-bond donors (Lipinski definition) is 8. The minimum absolute atomic E-state index is 0.0116. The van der Waals surface area contributed by atoms with Gasteiger partial charge in [0.2, 0.25) is 5.91 Å². The van der Waals surface area contributed by atoms with E-state index in [4.69, 9.17) is 26.3 Å². The van der Waals surface area contributed by atoms with Crippen molar-refractivity contribution < 1.29 is 146 Å². The van der Waals surface area contributed by atoms with Crippen molar-refractivity contribution in [3.8, 4) is 56.4 Å². The zero-order chi connectivity index (χ0) is 89.1. The summed E-state index contributed by atoms with van der Waals surface area (Å²) in [5.74, 6) is -8.96. The summed E-state index contributed by atoms with van der Waals surface area (Å²) >= 11 is 0. The summed E-state index contributed by atoms with van der Waals surface area (Å²) in [6, 6.07) is 27.9. The van der Waals surface area contributed by atoms with Gasteiger partial charge in [0, 0.05) is 122 Å². The highest BCUT2D eigenvalue weighted by Crippen LogP contribution is 2.45. The molecule has 9 N–H and O–H groups in total. The Morgan fingerprint density at radius 3 is 1.14 bits per heavy atom. The van der Waals surface area contributed by atoms with Crippen LogP contribution in [0.2, 0.25) is 0 Å². The lowest BCUT2D eigenvalue weighted by Crippen LogP contribution is -2.32. The molecule has 118 heavy (non-hydrogen) atoms. The number of aromatic hydroxyl groups is 2. The van der Waals surface area contributed by atoms with Crippen LogP contribution in [0.25, 0.3) is 66.8 Å². The molecule has 4 aromatic carbocycles.